The van der Waals surface area contributed by atoms with Crippen LogP contribution in [0.15, 0.2) is 30.3 Å². The predicted molar refractivity (Wildman–Crippen MR) is 70.4 cm³/mol. The summed E-state index contributed by atoms with van der Waals surface area (Å²) in [6, 6.07) is 10.2. The molecular weight excluding hydrogens is 240 g/mol. The number of benzene rings is 1. The fraction of sp³-hybridized carbons (Fsp3) is 0.500. The van der Waals surface area contributed by atoms with Crippen molar-refractivity contribution in [3.05, 3.63) is 35.9 Å². The van der Waals surface area contributed by atoms with Crippen molar-refractivity contribution in [1.82, 2.24) is 0 Å². The minimum atomic E-state index is -0.156. The zero-order valence-corrected chi connectivity index (χ0v) is 10.9. The van der Waals surface area contributed by atoms with E-state index in [1.165, 1.54) is 5.56 Å². The smallest absolute Gasteiger partial charge is 0.309 e. The third kappa shape index (κ3) is 2.55. The Morgan fingerprint density at radius 2 is 2.05 bits per heavy atom. The number of Topliss-reactive ketones (excluding diaryl/α,β-unsaturated/α-hetero) is 1. The first-order valence-electron chi connectivity index (χ1n) is 7.00. The van der Waals surface area contributed by atoms with Crippen LogP contribution in [0.2, 0.25) is 0 Å². The molecule has 2 fully saturated rings. The lowest BCUT2D eigenvalue weighted by molar-refractivity contribution is -0.147. The second-order valence-electron chi connectivity index (χ2n) is 5.48. The molecule has 0 spiro atoms. The van der Waals surface area contributed by atoms with Crippen molar-refractivity contribution in [1.29, 1.82) is 0 Å². The fourth-order valence-corrected chi connectivity index (χ4v) is 3.16. The molecule has 0 amide bonds. The lowest BCUT2D eigenvalue weighted by atomic mass is 10.1. The maximum absolute atomic E-state index is 11.8. The van der Waals surface area contributed by atoms with Gasteiger partial charge in [-0.15, -0.1) is 0 Å². The van der Waals surface area contributed by atoms with E-state index in [0.29, 0.717) is 18.9 Å². The number of carbonyl (C=O) groups excluding carboxylic acids is 2. The highest BCUT2D eigenvalue weighted by atomic mass is 16.5. The quantitative estimate of drug-likeness (QED) is 0.601. The molecule has 0 saturated heterocycles. The monoisotopic (exact) mass is 258 g/mol. The Morgan fingerprint density at radius 3 is 2.74 bits per heavy atom. The number of carbonyl (C=O) groups is 2. The predicted octanol–water partition coefficient (Wildman–Crippen LogP) is 2.39. The number of ether oxygens (including phenoxy) is 1. The molecule has 100 valence electrons. The summed E-state index contributed by atoms with van der Waals surface area (Å²) in [6.45, 7) is 0.456. The first kappa shape index (κ1) is 12.4. The van der Waals surface area contributed by atoms with E-state index < -0.39 is 0 Å². The van der Waals surface area contributed by atoms with Gasteiger partial charge in [-0.2, -0.15) is 0 Å². The van der Waals surface area contributed by atoms with E-state index >= 15 is 0 Å². The molecule has 1 aromatic carbocycles. The number of esters is 1. The van der Waals surface area contributed by atoms with Gasteiger partial charge in [0.1, 0.15) is 5.78 Å². The number of hydrogen-bond acceptors (Lipinski definition) is 3. The van der Waals surface area contributed by atoms with Gasteiger partial charge in [0.25, 0.3) is 0 Å². The highest BCUT2D eigenvalue weighted by Crippen LogP contribution is 2.55. The van der Waals surface area contributed by atoms with Crippen molar-refractivity contribution in [3.8, 4) is 0 Å². The van der Waals surface area contributed by atoms with Crippen LogP contribution >= 0.6 is 0 Å². The Morgan fingerprint density at radius 1 is 1.26 bits per heavy atom. The summed E-state index contributed by atoms with van der Waals surface area (Å²) in [4.78, 5) is 23.2. The van der Waals surface area contributed by atoms with E-state index in [-0.39, 0.29) is 23.6 Å². The zero-order valence-electron chi connectivity index (χ0n) is 10.9. The van der Waals surface area contributed by atoms with Gasteiger partial charge in [-0.3, -0.25) is 9.59 Å². The minimum absolute atomic E-state index is 0.00150. The molecule has 0 N–H and O–H groups in total. The van der Waals surface area contributed by atoms with Gasteiger partial charge in [0.05, 0.1) is 12.5 Å². The first-order chi connectivity index (χ1) is 9.27. The first-order valence-corrected chi connectivity index (χ1v) is 7.00. The SMILES string of the molecule is O=C1CC[C@@H]2[C@H]1[C@H]2C(=O)OCCCc1ccccc1. The standard InChI is InChI=1S/C16H18O3/c17-13-9-8-12-14(13)15(12)16(18)19-10-4-7-11-5-2-1-3-6-11/h1-3,5-6,12,14-15H,4,7-10H2/t12-,14-,15+/m1/s1. The molecule has 3 heteroatoms. The average Bonchev–Trinajstić information content (AvgIpc) is 3.06. The number of fused-ring (bicyclic) bond motifs is 1. The molecule has 0 aliphatic heterocycles. The number of ketones is 1. The van der Waals surface area contributed by atoms with Crippen LogP contribution in [0.4, 0.5) is 0 Å². The maximum Gasteiger partial charge on any atom is 0.309 e. The van der Waals surface area contributed by atoms with E-state index in [9.17, 15) is 9.59 Å². The van der Waals surface area contributed by atoms with Crippen LogP contribution in [0.5, 0.6) is 0 Å². The second kappa shape index (κ2) is 5.16. The largest absolute Gasteiger partial charge is 0.465 e. The average molecular weight is 258 g/mol. The number of aryl methyl sites for hydroxylation is 1. The summed E-state index contributed by atoms with van der Waals surface area (Å²) in [7, 11) is 0. The van der Waals surface area contributed by atoms with Crippen LogP contribution in [0.3, 0.4) is 0 Å². The van der Waals surface area contributed by atoms with Crippen molar-refractivity contribution < 1.29 is 14.3 Å². The molecule has 0 heterocycles. The van der Waals surface area contributed by atoms with Gasteiger partial charge in [0, 0.05) is 12.3 Å². The van der Waals surface area contributed by atoms with Gasteiger partial charge in [-0.05, 0) is 30.7 Å². The molecule has 2 aliphatic carbocycles. The molecule has 0 bridgehead atoms. The van der Waals surface area contributed by atoms with E-state index in [1.807, 2.05) is 18.2 Å². The molecule has 0 aromatic heterocycles. The Labute approximate surface area is 113 Å². The zero-order chi connectivity index (χ0) is 13.2. The molecule has 0 radical (unpaired) electrons. The summed E-state index contributed by atoms with van der Waals surface area (Å²) in [5.41, 5.74) is 1.26. The van der Waals surface area contributed by atoms with Crippen molar-refractivity contribution >= 4 is 11.8 Å². The second-order valence-corrected chi connectivity index (χ2v) is 5.48. The Hall–Kier alpha value is -1.64. The van der Waals surface area contributed by atoms with E-state index in [2.05, 4.69) is 12.1 Å². The van der Waals surface area contributed by atoms with Gasteiger partial charge in [-0.25, -0.2) is 0 Å². The molecule has 19 heavy (non-hydrogen) atoms. The maximum atomic E-state index is 11.8. The lowest BCUT2D eigenvalue weighted by Gasteiger charge is -2.06. The Bertz CT molecular complexity index is 480. The molecule has 2 aliphatic rings. The molecule has 1 aromatic rings. The van der Waals surface area contributed by atoms with Crippen LogP contribution in [0.25, 0.3) is 0 Å². The molecular formula is C16H18O3. The third-order valence-electron chi connectivity index (χ3n) is 4.23. The Balaban J connectivity index is 1.37. The van der Waals surface area contributed by atoms with Crippen molar-refractivity contribution in [2.75, 3.05) is 6.61 Å². The van der Waals surface area contributed by atoms with Gasteiger partial charge in [0.15, 0.2) is 0 Å². The van der Waals surface area contributed by atoms with Crippen LogP contribution < -0.4 is 0 Å². The van der Waals surface area contributed by atoms with Crippen LogP contribution in [0.1, 0.15) is 24.8 Å². The van der Waals surface area contributed by atoms with Crippen molar-refractivity contribution in [2.24, 2.45) is 17.8 Å². The molecule has 0 unspecified atom stereocenters. The van der Waals surface area contributed by atoms with E-state index in [0.717, 1.165) is 19.3 Å². The summed E-state index contributed by atoms with van der Waals surface area (Å²) in [5.74, 6) is 0.293. The highest BCUT2D eigenvalue weighted by Gasteiger charge is 2.62. The van der Waals surface area contributed by atoms with Crippen molar-refractivity contribution in [2.45, 2.75) is 25.7 Å². The lowest BCUT2D eigenvalue weighted by Crippen LogP contribution is -2.14. The molecule has 3 atom stereocenters. The fourth-order valence-electron chi connectivity index (χ4n) is 3.16. The van der Waals surface area contributed by atoms with Crippen molar-refractivity contribution in [3.63, 3.8) is 0 Å². The Kier molecular flexibility index (Phi) is 3.36. The summed E-state index contributed by atoms with van der Waals surface area (Å²) >= 11 is 0. The topological polar surface area (TPSA) is 43.4 Å². The highest BCUT2D eigenvalue weighted by molar-refractivity contribution is 5.94. The van der Waals surface area contributed by atoms with Crippen LogP contribution in [-0.4, -0.2) is 18.4 Å². The summed E-state index contributed by atoms with van der Waals surface area (Å²) in [5, 5.41) is 0. The summed E-state index contributed by atoms with van der Waals surface area (Å²) in [6.07, 6.45) is 3.30. The van der Waals surface area contributed by atoms with Gasteiger partial charge in [0.2, 0.25) is 0 Å². The van der Waals surface area contributed by atoms with Gasteiger partial charge in [-0.1, -0.05) is 30.3 Å². The third-order valence-corrected chi connectivity index (χ3v) is 4.23. The van der Waals surface area contributed by atoms with E-state index in [1.54, 1.807) is 0 Å². The minimum Gasteiger partial charge on any atom is -0.465 e. The normalized spacial score (nSPS) is 28.0. The van der Waals surface area contributed by atoms with Gasteiger partial charge >= 0.3 is 5.97 Å². The number of rotatable bonds is 5. The van der Waals surface area contributed by atoms with Crippen LogP contribution in [0, 0.1) is 17.8 Å². The molecule has 3 nitrogen and oxygen atoms in total. The van der Waals surface area contributed by atoms with Gasteiger partial charge < -0.3 is 4.74 Å². The molecule has 3 rings (SSSR count). The summed E-state index contributed by atoms with van der Waals surface area (Å²) < 4.78 is 5.28. The van der Waals surface area contributed by atoms with Crippen LogP contribution in [-0.2, 0) is 20.7 Å². The van der Waals surface area contributed by atoms with E-state index in [4.69, 9.17) is 4.74 Å². The molecule has 2 saturated carbocycles. The number of hydrogen-bond donors (Lipinski definition) is 0.